The molecule has 5 rings (SSSR count). The molecule has 0 spiro atoms. The number of rotatable bonds is 7. The first kappa shape index (κ1) is 23.6. The largest absolute Gasteiger partial charge is 0.495 e. The minimum absolute atomic E-state index is 0.0417. The van der Waals surface area contributed by atoms with Crippen LogP contribution in [0.4, 0.5) is 17.1 Å². The van der Waals surface area contributed by atoms with Gasteiger partial charge in [-0.15, -0.1) is 0 Å². The molecule has 186 valence electrons. The molecule has 0 unspecified atom stereocenters. The molecule has 2 aliphatic heterocycles. The highest BCUT2D eigenvalue weighted by Crippen LogP contribution is 2.39. The van der Waals surface area contributed by atoms with Gasteiger partial charge in [-0.25, -0.2) is 0 Å². The number of ether oxygens (including phenoxy) is 1. The molecule has 1 fully saturated rings. The Morgan fingerprint density at radius 1 is 1.14 bits per heavy atom. The van der Waals surface area contributed by atoms with Crippen LogP contribution >= 0.6 is 0 Å². The van der Waals surface area contributed by atoms with Crippen molar-refractivity contribution in [2.75, 3.05) is 43.1 Å². The van der Waals surface area contributed by atoms with Crippen LogP contribution in [0.1, 0.15) is 11.3 Å². The third-order valence-electron chi connectivity index (χ3n) is 7.08. The van der Waals surface area contributed by atoms with E-state index in [9.17, 15) is 14.9 Å². The summed E-state index contributed by atoms with van der Waals surface area (Å²) in [5.41, 5.74) is 3.79. The maximum atomic E-state index is 13.5. The maximum Gasteiger partial charge on any atom is 0.269 e. The summed E-state index contributed by atoms with van der Waals surface area (Å²) >= 11 is 0. The zero-order valence-corrected chi connectivity index (χ0v) is 20.2. The zero-order chi connectivity index (χ0) is 25.1. The van der Waals surface area contributed by atoms with E-state index >= 15 is 0 Å². The van der Waals surface area contributed by atoms with Crippen LogP contribution in [0.15, 0.2) is 66.9 Å². The van der Waals surface area contributed by atoms with Gasteiger partial charge in [0.05, 0.1) is 29.7 Å². The molecule has 3 heterocycles. The van der Waals surface area contributed by atoms with Crippen LogP contribution in [-0.4, -0.2) is 55.1 Å². The Morgan fingerprint density at radius 2 is 1.97 bits per heavy atom. The Kier molecular flexibility index (Phi) is 6.71. The lowest BCUT2D eigenvalue weighted by Crippen LogP contribution is -2.61. The lowest BCUT2D eigenvalue weighted by molar-refractivity contribution is -0.384. The number of carbonyl (C=O) groups is 1. The van der Waals surface area contributed by atoms with E-state index in [1.165, 1.54) is 0 Å². The SMILES string of the molecule is COc1ccccc1N1CCN2c3ccc([N+](=O)[O-])cc3C[C@H](C(=O)NCCc3ccccn3)[C@H]2C1. The summed E-state index contributed by atoms with van der Waals surface area (Å²) in [6.45, 7) is 2.58. The number of amides is 1. The number of aromatic nitrogens is 1. The number of benzene rings is 2. The van der Waals surface area contributed by atoms with E-state index < -0.39 is 0 Å². The Balaban J connectivity index is 1.41. The second-order valence-corrected chi connectivity index (χ2v) is 9.12. The number of hydrogen-bond acceptors (Lipinski definition) is 7. The third kappa shape index (κ3) is 4.68. The highest BCUT2D eigenvalue weighted by atomic mass is 16.6. The van der Waals surface area contributed by atoms with Crippen molar-refractivity contribution >= 4 is 23.0 Å². The zero-order valence-electron chi connectivity index (χ0n) is 20.2. The van der Waals surface area contributed by atoms with Crippen LogP contribution in [0.3, 0.4) is 0 Å². The minimum Gasteiger partial charge on any atom is -0.495 e. The van der Waals surface area contributed by atoms with Crippen LogP contribution in [0, 0.1) is 16.0 Å². The molecule has 2 aliphatic rings. The summed E-state index contributed by atoms with van der Waals surface area (Å²) in [7, 11) is 1.66. The van der Waals surface area contributed by atoms with E-state index in [0.29, 0.717) is 32.5 Å². The minimum atomic E-state index is -0.381. The van der Waals surface area contributed by atoms with E-state index in [0.717, 1.165) is 34.9 Å². The molecule has 2 aromatic carbocycles. The lowest BCUT2D eigenvalue weighted by Gasteiger charge is -2.49. The number of fused-ring (bicyclic) bond motifs is 3. The summed E-state index contributed by atoms with van der Waals surface area (Å²) in [4.78, 5) is 33.4. The Hall–Kier alpha value is -4.14. The van der Waals surface area contributed by atoms with E-state index in [1.54, 1.807) is 25.4 Å². The van der Waals surface area contributed by atoms with Gasteiger partial charge in [-0.1, -0.05) is 18.2 Å². The number of nitrogens with zero attached hydrogens (tertiary/aromatic N) is 4. The monoisotopic (exact) mass is 487 g/mol. The smallest absolute Gasteiger partial charge is 0.269 e. The first-order valence-corrected chi connectivity index (χ1v) is 12.1. The van der Waals surface area contributed by atoms with Gasteiger partial charge in [-0.05, 0) is 42.3 Å². The summed E-state index contributed by atoms with van der Waals surface area (Å²) < 4.78 is 5.59. The molecule has 0 radical (unpaired) electrons. The van der Waals surface area contributed by atoms with Crippen molar-refractivity contribution in [3.8, 4) is 5.75 Å². The molecule has 1 amide bonds. The second-order valence-electron chi connectivity index (χ2n) is 9.12. The van der Waals surface area contributed by atoms with Crippen LogP contribution in [0.2, 0.25) is 0 Å². The second kappa shape index (κ2) is 10.2. The van der Waals surface area contributed by atoms with Crippen molar-refractivity contribution in [1.29, 1.82) is 0 Å². The van der Waals surface area contributed by atoms with Crippen molar-refractivity contribution in [2.45, 2.75) is 18.9 Å². The first-order chi connectivity index (χ1) is 17.5. The first-order valence-electron chi connectivity index (χ1n) is 12.1. The number of anilines is 2. The molecule has 1 aromatic heterocycles. The molecule has 2 atom stereocenters. The fraction of sp³-hybridized carbons (Fsp3) is 0.333. The van der Waals surface area contributed by atoms with Crippen molar-refractivity contribution in [3.63, 3.8) is 0 Å². The number of pyridine rings is 1. The number of para-hydroxylation sites is 2. The van der Waals surface area contributed by atoms with E-state index in [2.05, 4.69) is 20.1 Å². The van der Waals surface area contributed by atoms with Gasteiger partial charge in [0.25, 0.3) is 5.69 Å². The normalized spacial score (nSPS) is 18.7. The van der Waals surface area contributed by atoms with Crippen LogP contribution in [0.25, 0.3) is 0 Å². The molecule has 0 saturated carbocycles. The fourth-order valence-corrected chi connectivity index (χ4v) is 5.32. The predicted octanol–water partition coefficient (Wildman–Crippen LogP) is 3.22. The lowest BCUT2D eigenvalue weighted by atomic mass is 9.83. The highest BCUT2D eigenvalue weighted by molar-refractivity contribution is 5.82. The molecule has 0 bridgehead atoms. The van der Waals surface area contributed by atoms with E-state index in [4.69, 9.17) is 4.74 Å². The predicted molar refractivity (Wildman–Crippen MR) is 138 cm³/mol. The Morgan fingerprint density at radius 3 is 2.75 bits per heavy atom. The van der Waals surface area contributed by atoms with E-state index in [1.807, 2.05) is 48.5 Å². The van der Waals surface area contributed by atoms with Crippen molar-refractivity contribution in [2.24, 2.45) is 5.92 Å². The number of hydrogen-bond donors (Lipinski definition) is 1. The molecule has 36 heavy (non-hydrogen) atoms. The van der Waals surface area contributed by atoms with Gasteiger partial charge in [0.1, 0.15) is 5.75 Å². The van der Waals surface area contributed by atoms with Gasteiger partial charge < -0.3 is 19.9 Å². The molecule has 9 nitrogen and oxygen atoms in total. The molecule has 9 heteroatoms. The highest BCUT2D eigenvalue weighted by Gasteiger charge is 2.42. The van der Waals surface area contributed by atoms with Gasteiger partial charge in [-0.2, -0.15) is 0 Å². The topological polar surface area (TPSA) is 101 Å². The third-order valence-corrected chi connectivity index (χ3v) is 7.08. The van der Waals surface area contributed by atoms with Crippen LogP contribution in [-0.2, 0) is 17.6 Å². The molecule has 0 aliphatic carbocycles. The van der Waals surface area contributed by atoms with E-state index in [-0.39, 0.29) is 28.5 Å². The number of carbonyl (C=O) groups excluding carboxylic acids is 1. The fourth-order valence-electron chi connectivity index (χ4n) is 5.32. The molecular formula is C27H29N5O4. The van der Waals surface area contributed by atoms with Crippen LogP contribution < -0.4 is 19.9 Å². The maximum absolute atomic E-state index is 13.5. The summed E-state index contributed by atoms with van der Waals surface area (Å²) in [5.74, 6) is 0.412. The van der Waals surface area contributed by atoms with Crippen LogP contribution in [0.5, 0.6) is 5.75 Å². The molecule has 3 aromatic rings. The number of nitro groups is 1. The van der Waals surface area contributed by atoms with Crippen molar-refractivity contribution in [1.82, 2.24) is 10.3 Å². The van der Waals surface area contributed by atoms with Crippen molar-refractivity contribution in [3.05, 3.63) is 88.2 Å². The van der Waals surface area contributed by atoms with Gasteiger partial charge in [-0.3, -0.25) is 19.9 Å². The number of nitro benzene ring substituents is 1. The summed E-state index contributed by atoms with van der Waals surface area (Å²) in [6, 6.07) is 18.6. The van der Waals surface area contributed by atoms with Gasteiger partial charge in [0, 0.05) is 62.3 Å². The van der Waals surface area contributed by atoms with Crippen molar-refractivity contribution < 1.29 is 14.5 Å². The standard InChI is InChI=1S/C27H29N5O4/c1-36-26-8-3-2-7-24(26)30-14-15-31-23-10-9-21(32(34)35)16-19(23)17-22(25(31)18-30)27(33)29-13-11-20-6-4-5-12-28-20/h2-10,12,16,22,25H,11,13-15,17-18H2,1H3,(H,29,33)/t22-,25+/m0/s1. The number of nitrogens with one attached hydrogen (secondary N) is 1. The number of methoxy groups -OCH3 is 1. The summed E-state index contributed by atoms with van der Waals surface area (Å²) in [6.07, 6.45) is 2.84. The molecular weight excluding hydrogens is 458 g/mol. The number of piperazine rings is 1. The summed E-state index contributed by atoms with van der Waals surface area (Å²) in [5, 5.41) is 14.5. The van der Waals surface area contributed by atoms with Gasteiger partial charge in [0.2, 0.25) is 5.91 Å². The quantitative estimate of drug-likeness (QED) is 0.403. The molecule has 1 N–H and O–H groups in total. The Labute approximate surface area is 209 Å². The molecule has 1 saturated heterocycles. The van der Waals surface area contributed by atoms with Gasteiger partial charge in [0.15, 0.2) is 0 Å². The number of non-ortho nitro benzene ring substituents is 1. The Bertz CT molecular complexity index is 1250. The van der Waals surface area contributed by atoms with Gasteiger partial charge >= 0.3 is 0 Å². The average molecular weight is 488 g/mol. The average Bonchev–Trinajstić information content (AvgIpc) is 2.92.